The highest BCUT2D eigenvalue weighted by atomic mass is 35.5. The van der Waals surface area contributed by atoms with Crippen molar-refractivity contribution in [3.63, 3.8) is 0 Å². The zero-order valence-electron chi connectivity index (χ0n) is 8.78. The van der Waals surface area contributed by atoms with Gasteiger partial charge in [0.05, 0.1) is 0 Å². The quantitative estimate of drug-likeness (QED) is 0.886. The molecule has 0 saturated heterocycles. The molecular formula is C12H12ClN3. The van der Waals surface area contributed by atoms with Crippen LogP contribution in [-0.4, -0.2) is 15.2 Å². The Bertz CT molecular complexity index is 502. The molecule has 82 valence electrons. The number of halogens is 1. The summed E-state index contributed by atoms with van der Waals surface area (Å²) in [6.07, 6.45) is 3.23. The number of benzene rings is 1. The van der Waals surface area contributed by atoms with Crippen LogP contribution in [0.3, 0.4) is 0 Å². The zero-order chi connectivity index (χ0) is 11.0. The Balaban J connectivity index is 1.77. The molecule has 1 N–H and O–H groups in total. The van der Waals surface area contributed by atoms with Crippen molar-refractivity contribution >= 4 is 11.6 Å². The summed E-state index contributed by atoms with van der Waals surface area (Å²) in [5.41, 5.74) is 1.16. The zero-order valence-corrected chi connectivity index (χ0v) is 9.54. The topological polar surface area (TPSA) is 41.6 Å². The van der Waals surface area contributed by atoms with E-state index in [-0.39, 0.29) is 0 Å². The van der Waals surface area contributed by atoms with E-state index in [2.05, 4.69) is 15.2 Å². The minimum atomic E-state index is 0.601. The van der Waals surface area contributed by atoms with Crippen LogP contribution in [0.5, 0.6) is 0 Å². The van der Waals surface area contributed by atoms with E-state index in [4.69, 9.17) is 11.6 Å². The van der Waals surface area contributed by atoms with Crippen LogP contribution >= 0.6 is 11.6 Å². The number of rotatable bonds is 3. The van der Waals surface area contributed by atoms with Gasteiger partial charge in [0.2, 0.25) is 0 Å². The second-order valence-corrected chi connectivity index (χ2v) is 4.66. The van der Waals surface area contributed by atoms with Gasteiger partial charge in [-0.25, -0.2) is 4.98 Å². The lowest BCUT2D eigenvalue weighted by molar-refractivity contribution is 0.932. The van der Waals surface area contributed by atoms with Crippen molar-refractivity contribution in [3.05, 3.63) is 46.5 Å². The molecule has 3 rings (SSSR count). The summed E-state index contributed by atoms with van der Waals surface area (Å²) >= 11 is 5.93. The predicted octanol–water partition coefficient (Wildman–Crippen LogP) is 2.93. The predicted molar refractivity (Wildman–Crippen MR) is 62.6 cm³/mol. The normalized spacial score (nSPS) is 15.3. The maximum absolute atomic E-state index is 5.93. The molecule has 0 radical (unpaired) electrons. The first-order valence-corrected chi connectivity index (χ1v) is 5.85. The van der Waals surface area contributed by atoms with E-state index in [0.717, 1.165) is 28.7 Å². The summed E-state index contributed by atoms with van der Waals surface area (Å²) in [7, 11) is 0. The van der Waals surface area contributed by atoms with Gasteiger partial charge < -0.3 is 0 Å². The average Bonchev–Trinajstić information content (AvgIpc) is 3.01. The molecule has 0 unspecified atom stereocenters. The van der Waals surface area contributed by atoms with Crippen LogP contribution in [0.4, 0.5) is 0 Å². The molecule has 0 bridgehead atoms. The molecule has 1 fully saturated rings. The first-order chi connectivity index (χ1) is 7.81. The molecule has 0 aliphatic heterocycles. The fourth-order valence-corrected chi connectivity index (χ4v) is 1.97. The van der Waals surface area contributed by atoms with Crippen molar-refractivity contribution in [2.45, 2.75) is 25.2 Å². The molecule has 0 amide bonds. The number of aromatic amines is 1. The summed E-state index contributed by atoms with van der Waals surface area (Å²) in [6, 6.07) is 7.84. The smallest absolute Gasteiger partial charge is 0.153 e. The fourth-order valence-electron chi connectivity index (χ4n) is 1.75. The van der Waals surface area contributed by atoms with E-state index in [1.54, 1.807) is 0 Å². The van der Waals surface area contributed by atoms with Gasteiger partial charge in [0.1, 0.15) is 5.82 Å². The van der Waals surface area contributed by atoms with E-state index in [1.165, 1.54) is 12.8 Å². The van der Waals surface area contributed by atoms with Crippen LogP contribution in [0.2, 0.25) is 5.02 Å². The largest absolute Gasteiger partial charge is 0.263 e. The fraction of sp³-hybridized carbons (Fsp3) is 0.333. The number of hydrogen-bond donors (Lipinski definition) is 1. The van der Waals surface area contributed by atoms with Gasteiger partial charge in [-0.05, 0) is 30.5 Å². The number of aromatic nitrogens is 3. The molecule has 1 aromatic carbocycles. The van der Waals surface area contributed by atoms with Gasteiger partial charge in [-0.3, -0.25) is 5.10 Å². The van der Waals surface area contributed by atoms with Crippen molar-refractivity contribution in [2.75, 3.05) is 0 Å². The second-order valence-electron chi connectivity index (χ2n) is 4.22. The highest BCUT2D eigenvalue weighted by molar-refractivity contribution is 6.30. The average molecular weight is 234 g/mol. The maximum Gasteiger partial charge on any atom is 0.153 e. The lowest BCUT2D eigenvalue weighted by atomic mass is 10.1. The third-order valence-corrected chi connectivity index (χ3v) is 2.99. The number of hydrogen-bond acceptors (Lipinski definition) is 2. The molecule has 2 aromatic rings. The number of nitrogens with one attached hydrogen (secondary N) is 1. The van der Waals surface area contributed by atoms with Gasteiger partial charge in [0.25, 0.3) is 0 Å². The monoisotopic (exact) mass is 233 g/mol. The van der Waals surface area contributed by atoms with Crippen molar-refractivity contribution in [3.8, 4) is 0 Å². The van der Waals surface area contributed by atoms with Crippen molar-refractivity contribution < 1.29 is 0 Å². The van der Waals surface area contributed by atoms with E-state index < -0.39 is 0 Å². The van der Waals surface area contributed by atoms with Gasteiger partial charge >= 0.3 is 0 Å². The summed E-state index contributed by atoms with van der Waals surface area (Å²) in [5.74, 6) is 2.49. The van der Waals surface area contributed by atoms with Crippen LogP contribution in [0.15, 0.2) is 24.3 Å². The Labute approximate surface area is 98.9 Å². The Morgan fingerprint density at radius 3 is 3.00 bits per heavy atom. The van der Waals surface area contributed by atoms with Crippen LogP contribution in [0.1, 0.15) is 36.0 Å². The molecule has 1 aromatic heterocycles. The van der Waals surface area contributed by atoms with Crippen molar-refractivity contribution in [1.82, 2.24) is 15.2 Å². The van der Waals surface area contributed by atoms with Crippen LogP contribution in [0, 0.1) is 0 Å². The van der Waals surface area contributed by atoms with Crippen LogP contribution < -0.4 is 0 Å². The number of nitrogens with zero attached hydrogens (tertiary/aromatic N) is 2. The van der Waals surface area contributed by atoms with Gasteiger partial charge in [-0.2, -0.15) is 5.10 Å². The van der Waals surface area contributed by atoms with Gasteiger partial charge in [-0.15, -0.1) is 0 Å². The van der Waals surface area contributed by atoms with Gasteiger partial charge in [0.15, 0.2) is 5.82 Å². The summed E-state index contributed by atoms with van der Waals surface area (Å²) in [5, 5.41) is 7.98. The van der Waals surface area contributed by atoms with Crippen molar-refractivity contribution in [1.29, 1.82) is 0 Å². The Kier molecular flexibility index (Phi) is 2.40. The van der Waals surface area contributed by atoms with Crippen LogP contribution in [0.25, 0.3) is 0 Å². The molecular weight excluding hydrogens is 222 g/mol. The minimum absolute atomic E-state index is 0.601. The first-order valence-electron chi connectivity index (χ1n) is 5.47. The molecule has 0 spiro atoms. The van der Waals surface area contributed by atoms with E-state index in [9.17, 15) is 0 Å². The summed E-state index contributed by atoms with van der Waals surface area (Å²) in [6.45, 7) is 0. The molecule has 1 saturated carbocycles. The Hall–Kier alpha value is -1.35. The van der Waals surface area contributed by atoms with Crippen LogP contribution in [-0.2, 0) is 6.42 Å². The van der Waals surface area contributed by atoms with Crippen molar-refractivity contribution in [2.24, 2.45) is 0 Å². The molecule has 1 aliphatic rings. The lowest BCUT2D eigenvalue weighted by Crippen LogP contribution is -1.91. The number of H-pyrrole nitrogens is 1. The van der Waals surface area contributed by atoms with Gasteiger partial charge in [0, 0.05) is 17.4 Å². The molecule has 1 heterocycles. The second kappa shape index (κ2) is 3.91. The Morgan fingerprint density at radius 1 is 1.38 bits per heavy atom. The third kappa shape index (κ3) is 2.09. The third-order valence-electron chi connectivity index (χ3n) is 2.75. The lowest BCUT2D eigenvalue weighted by Gasteiger charge is -1.97. The van der Waals surface area contributed by atoms with E-state index >= 15 is 0 Å². The van der Waals surface area contributed by atoms with E-state index in [0.29, 0.717) is 5.92 Å². The molecule has 4 heteroatoms. The standard InChI is InChI=1S/C12H12ClN3/c13-10-3-1-2-8(6-10)7-11-14-12(16-15-11)9-4-5-9/h1-3,6,9H,4-5,7H2,(H,14,15,16). The molecule has 0 atom stereocenters. The molecule has 3 nitrogen and oxygen atoms in total. The molecule has 1 aliphatic carbocycles. The van der Waals surface area contributed by atoms with E-state index in [1.807, 2.05) is 24.3 Å². The summed E-state index contributed by atoms with van der Waals surface area (Å²) < 4.78 is 0. The van der Waals surface area contributed by atoms with Gasteiger partial charge in [-0.1, -0.05) is 23.7 Å². The SMILES string of the molecule is Clc1cccc(Cc2nc(C3CC3)n[nH]2)c1. The highest BCUT2D eigenvalue weighted by Crippen LogP contribution is 2.37. The molecule has 16 heavy (non-hydrogen) atoms. The summed E-state index contributed by atoms with van der Waals surface area (Å²) in [4.78, 5) is 4.49. The highest BCUT2D eigenvalue weighted by Gasteiger charge is 2.27. The minimum Gasteiger partial charge on any atom is -0.263 e. The Morgan fingerprint density at radius 2 is 2.25 bits per heavy atom. The maximum atomic E-state index is 5.93. The first kappa shape index (κ1) is 9.85.